The standard InChI is InChI=1S/C28H40O6/c1-5-12-28(7-3,13-6-2)27(32)34-24-16-20(29)14-19-9-8-18(4)23(26(19)24)11-10-22-15-21(30)17-25(31)33-22/h5-6,8-9,14,18,20-24,26,29-30H,1-2,7,10-13,15-17H2,3-4H3/t18-,20+,21+,22+,23-,24-,26-/m0/s1. The molecule has 6 heteroatoms. The minimum Gasteiger partial charge on any atom is -0.462 e. The van der Waals surface area contributed by atoms with E-state index in [0.717, 1.165) is 12.0 Å². The Labute approximate surface area is 203 Å². The van der Waals surface area contributed by atoms with E-state index in [2.05, 4.69) is 26.2 Å². The molecule has 188 valence electrons. The van der Waals surface area contributed by atoms with Crippen molar-refractivity contribution in [1.29, 1.82) is 0 Å². The van der Waals surface area contributed by atoms with E-state index < -0.39 is 23.7 Å². The molecule has 1 fully saturated rings. The highest BCUT2D eigenvalue weighted by Crippen LogP contribution is 2.45. The Morgan fingerprint density at radius 3 is 2.56 bits per heavy atom. The van der Waals surface area contributed by atoms with Gasteiger partial charge in [-0.2, -0.15) is 0 Å². The number of fused-ring (bicyclic) bond motifs is 1. The highest BCUT2D eigenvalue weighted by molar-refractivity contribution is 5.77. The van der Waals surface area contributed by atoms with Crippen LogP contribution in [0.25, 0.3) is 0 Å². The highest BCUT2D eigenvalue weighted by atomic mass is 16.6. The summed E-state index contributed by atoms with van der Waals surface area (Å²) in [5, 5.41) is 20.5. The number of hydrogen-bond acceptors (Lipinski definition) is 6. The lowest BCUT2D eigenvalue weighted by Gasteiger charge is -2.44. The molecular weight excluding hydrogens is 432 g/mol. The second-order valence-electron chi connectivity index (χ2n) is 10.2. The Kier molecular flexibility index (Phi) is 8.94. The van der Waals surface area contributed by atoms with E-state index in [0.29, 0.717) is 38.5 Å². The summed E-state index contributed by atoms with van der Waals surface area (Å²) in [4.78, 5) is 25.2. The topological polar surface area (TPSA) is 93.1 Å². The minimum atomic E-state index is -0.701. The van der Waals surface area contributed by atoms with Gasteiger partial charge in [-0.25, -0.2) is 0 Å². The third-order valence-corrected chi connectivity index (χ3v) is 7.87. The maximum absolute atomic E-state index is 13.5. The Bertz CT molecular complexity index is 817. The van der Waals surface area contributed by atoms with Crippen LogP contribution in [0.15, 0.2) is 49.1 Å². The van der Waals surface area contributed by atoms with Crippen molar-refractivity contribution in [2.75, 3.05) is 0 Å². The number of carbonyl (C=O) groups is 2. The summed E-state index contributed by atoms with van der Waals surface area (Å²) in [5.41, 5.74) is 0.295. The van der Waals surface area contributed by atoms with Gasteiger partial charge in [0.05, 0.1) is 24.0 Å². The lowest BCUT2D eigenvalue weighted by molar-refractivity contribution is -0.168. The predicted octanol–water partition coefficient (Wildman–Crippen LogP) is 4.42. The number of hydrogen-bond donors (Lipinski definition) is 2. The smallest absolute Gasteiger partial charge is 0.312 e. The van der Waals surface area contributed by atoms with Gasteiger partial charge in [0.1, 0.15) is 12.2 Å². The van der Waals surface area contributed by atoms with Crippen molar-refractivity contribution in [2.45, 2.75) is 89.6 Å². The average Bonchev–Trinajstić information content (AvgIpc) is 2.77. The van der Waals surface area contributed by atoms with Gasteiger partial charge in [-0.05, 0) is 49.5 Å². The van der Waals surface area contributed by atoms with Gasteiger partial charge in [0.2, 0.25) is 0 Å². The fourth-order valence-electron chi connectivity index (χ4n) is 5.90. The zero-order valence-electron chi connectivity index (χ0n) is 20.5. The first kappa shape index (κ1) is 26.4. The van der Waals surface area contributed by atoms with Crippen LogP contribution in [0.5, 0.6) is 0 Å². The van der Waals surface area contributed by atoms with Crippen molar-refractivity contribution >= 4 is 11.9 Å². The SMILES string of the molecule is C=CCC(CC)(CC=C)C(=O)O[C@H]1C[C@H](O)C=C2C=C[C@H](C)[C@H](CC[C@@H]3C[C@@H](O)CC(=O)O3)[C@H]21. The number of allylic oxidation sites excluding steroid dienone is 4. The van der Waals surface area contributed by atoms with E-state index >= 15 is 0 Å². The van der Waals surface area contributed by atoms with Gasteiger partial charge in [0.15, 0.2) is 0 Å². The molecule has 0 unspecified atom stereocenters. The van der Waals surface area contributed by atoms with E-state index in [1.54, 1.807) is 12.2 Å². The molecule has 0 aromatic carbocycles. The van der Waals surface area contributed by atoms with Gasteiger partial charge < -0.3 is 19.7 Å². The van der Waals surface area contributed by atoms with Crippen molar-refractivity contribution < 1.29 is 29.3 Å². The second-order valence-corrected chi connectivity index (χ2v) is 10.2. The third kappa shape index (κ3) is 5.89. The van der Waals surface area contributed by atoms with Crippen LogP contribution in [-0.2, 0) is 19.1 Å². The summed E-state index contributed by atoms with van der Waals surface area (Å²) in [6, 6.07) is 0. The van der Waals surface area contributed by atoms with Crippen LogP contribution in [-0.4, -0.2) is 46.6 Å². The van der Waals surface area contributed by atoms with E-state index in [9.17, 15) is 19.8 Å². The Morgan fingerprint density at radius 1 is 1.24 bits per heavy atom. The van der Waals surface area contributed by atoms with Crippen LogP contribution in [0.4, 0.5) is 0 Å². The lowest BCUT2D eigenvalue weighted by atomic mass is 9.66. The quantitative estimate of drug-likeness (QED) is 0.361. The van der Waals surface area contributed by atoms with Crippen LogP contribution >= 0.6 is 0 Å². The van der Waals surface area contributed by atoms with Crippen LogP contribution in [0, 0.1) is 23.2 Å². The molecule has 0 spiro atoms. The van der Waals surface area contributed by atoms with E-state index in [-0.39, 0.29) is 42.2 Å². The van der Waals surface area contributed by atoms with Gasteiger partial charge in [0, 0.05) is 18.8 Å². The van der Waals surface area contributed by atoms with Crippen LogP contribution < -0.4 is 0 Å². The molecule has 2 N–H and O–H groups in total. The van der Waals surface area contributed by atoms with Crippen molar-refractivity contribution in [3.05, 3.63) is 49.1 Å². The maximum atomic E-state index is 13.5. The zero-order chi connectivity index (χ0) is 24.9. The van der Waals surface area contributed by atoms with Crippen LogP contribution in [0.3, 0.4) is 0 Å². The Balaban J connectivity index is 1.80. The van der Waals surface area contributed by atoms with E-state index in [4.69, 9.17) is 9.47 Å². The molecule has 0 aromatic rings. The van der Waals surface area contributed by atoms with Crippen molar-refractivity contribution in [1.82, 2.24) is 0 Å². The third-order valence-electron chi connectivity index (χ3n) is 7.87. The molecule has 3 aliphatic rings. The molecule has 0 bridgehead atoms. The number of aliphatic hydroxyl groups excluding tert-OH is 2. The molecule has 1 saturated heterocycles. The summed E-state index contributed by atoms with van der Waals surface area (Å²) in [7, 11) is 0. The molecule has 3 rings (SSSR count). The molecule has 0 radical (unpaired) electrons. The van der Waals surface area contributed by atoms with E-state index in [1.165, 1.54) is 0 Å². The molecule has 1 heterocycles. The molecule has 0 amide bonds. The molecule has 7 atom stereocenters. The maximum Gasteiger partial charge on any atom is 0.312 e. The Hall–Kier alpha value is -2.18. The monoisotopic (exact) mass is 472 g/mol. The predicted molar refractivity (Wildman–Crippen MR) is 131 cm³/mol. The lowest BCUT2D eigenvalue weighted by Crippen LogP contribution is -2.45. The summed E-state index contributed by atoms with van der Waals surface area (Å²) in [6.45, 7) is 11.8. The second kappa shape index (κ2) is 11.5. The fraction of sp³-hybridized carbons (Fsp3) is 0.643. The van der Waals surface area contributed by atoms with Gasteiger partial charge in [-0.3, -0.25) is 9.59 Å². The minimum absolute atomic E-state index is 0.0430. The number of ether oxygens (including phenoxy) is 2. The first-order chi connectivity index (χ1) is 16.2. The van der Waals surface area contributed by atoms with Crippen molar-refractivity contribution in [2.24, 2.45) is 23.2 Å². The fourth-order valence-corrected chi connectivity index (χ4v) is 5.90. The Morgan fingerprint density at radius 2 is 1.94 bits per heavy atom. The van der Waals surface area contributed by atoms with Gasteiger partial charge in [-0.15, -0.1) is 13.2 Å². The number of carbonyl (C=O) groups excluding carboxylic acids is 2. The molecule has 6 nitrogen and oxygen atoms in total. The molecule has 0 aromatic heterocycles. The first-order valence-electron chi connectivity index (χ1n) is 12.6. The number of aliphatic hydroxyl groups is 2. The average molecular weight is 473 g/mol. The van der Waals surface area contributed by atoms with Crippen molar-refractivity contribution in [3.63, 3.8) is 0 Å². The van der Waals surface area contributed by atoms with Crippen molar-refractivity contribution in [3.8, 4) is 0 Å². The normalized spacial score (nSPS) is 33.4. The van der Waals surface area contributed by atoms with Gasteiger partial charge >= 0.3 is 11.9 Å². The largest absolute Gasteiger partial charge is 0.462 e. The molecular formula is C28H40O6. The summed E-state index contributed by atoms with van der Waals surface area (Å²) < 4.78 is 11.7. The van der Waals surface area contributed by atoms with Gasteiger partial charge in [0.25, 0.3) is 0 Å². The molecule has 0 saturated carbocycles. The first-order valence-corrected chi connectivity index (χ1v) is 12.6. The summed E-state index contributed by atoms with van der Waals surface area (Å²) >= 11 is 0. The number of cyclic esters (lactones) is 1. The molecule has 2 aliphatic carbocycles. The van der Waals surface area contributed by atoms with Crippen LogP contribution in [0.2, 0.25) is 0 Å². The summed E-state index contributed by atoms with van der Waals surface area (Å²) in [5.74, 6) is -0.264. The summed E-state index contributed by atoms with van der Waals surface area (Å²) in [6.07, 6.45) is 11.4. The van der Waals surface area contributed by atoms with Crippen LogP contribution in [0.1, 0.15) is 65.2 Å². The van der Waals surface area contributed by atoms with Gasteiger partial charge in [-0.1, -0.05) is 44.2 Å². The molecule has 1 aliphatic heterocycles. The molecule has 34 heavy (non-hydrogen) atoms. The highest BCUT2D eigenvalue weighted by Gasteiger charge is 2.45. The number of esters is 2. The number of rotatable bonds is 10. The zero-order valence-corrected chi connectivity index (χ0v) is 20.5. The van der Waals surface area contributed by atoms with E-state index in [1.807, 2.05) is 19.1 Å².